The standard InChI is InChI=1S/C9H13BrN2O2S/c1-2-5-12-15(13,14)7-3-4-9(11)8(10)6-7/h3-4,6,12H,2,5,11H2,1H3. The Morgan fingerprint density at radius 1 is 1.47 bits per heavy atom. The zero-order valence-electron chi connectivity index (χ0n) is 8.33. The molecule has 0 fully saturated rings. The van der Waals surface area contributed by atoms with E-state index in [2.05, 4.69) is 20.7 Å². The smallest absolute Gasteiger partial charge is 0.240 e. The maximum Gasteiger partial charge on any atom is 0.240 e. The van der Waals surface area contributed by atoms with Crippen molar-refractivity contribution in [2.75, 3.05) is 12.3 Å². The maximum absolute atomic E-state index is 11.7. The Morgan fingerprint density at radius 2 is 2.13 bits per heavy atom. The molecule has 6 heteroatoms. The molecule has 0 aromatic heterocycles. The average Bonchev–Trinajstić information content (AvgIpc) is 2.19. The number of hydrogen-bond donors (Lipinski definition) is 2. The van der Waals surface area contributed by atoms with Crippen LogP contribution in [0.1, 0.15) is 13.3 Å². The summed E-state index contributed by atoms with van der Waals surface area (Å²) in [7, 11) is -3.40. The van der Waals surface area contributed by atoms with Crippen LogP contribution in [-0.4, -0.2) is 15.0 Å². The van der Waals surface area contributed by atoms with Crippen molar-refractivity contribution in [2.24, 2.45) is 0 Å². The molecule has 0 aliphatic heterocycles. The van der Waals surface area contributed by atoms with E-state index in [9.17, 15) is 8.42 Å². The minimum absolute atomic E-state index is 0.219. The van der Waals surface area contributed by atoms with Gasteiger partial charge in [-0.3, -0.25) is 0 Å². The van der Waals surface area contributed by atoms with E-state index < -0.39 is 10.0 Å². The van der Waals surface area contributed by atoms with Crippen molar-refractivity contribution >= 4 is 31.6 Å². The molecule has 0 atom stereocenters. The van der Waals surface area contributed by atoms with Gasteiger partial charge in [0.2, 0.25) is 10.0 Å². The molecule has 0 unspecified atom stereocenters. The number of nitrogens with two attached hydrogens (primary N) is 1. The first-order valence-corrected chi connectivity index (χ1v) is 6.79. The van der Waals surface area contributed by atoms with Crippen LogP contribution >= 0.6 is 15.9 Å². The van der Waals surface area contributed by atoms with Gasteiger partial charge in [0.15, 0.2) is 0 Å². The Balaban J connectivity index is 3.00. The summed E-state index contributed by atoms with van der Waals surface area (Å²) in [5.41, 5.74) is 6.09. The molecule has 0 heterocycles. The van der Waals surface area contributed by atoms with Crippen LogP contribution in [0, 0.1) is 0 Å². The third-order valence-electron chi connectivity index (χ3n) is 1.82. The van der Waals surface area contributed by atoms with E-state index in [4.69, 9.17) is 5.73 Å². The van der Waals surface area contributed by atoms with Gasteiger partial charge in [-0.2, -0.15) is 0 Å². The van der Waals surface area contributed by atoms with Crippen molar-refractivity contribution in [3.8, 4) is 0 Å². The van der Waals surface area contributed by atoms with Gasteiger partial charge >= 0.3 is 0 Å². The second-order valence-electron chi connectivity index (χ2n) is 3.08. The summed E-state index contributed by atoms with van der Waals surface area (Å²) in [6.45, 7) is 2.34. The van der Waals surface area contributed by atoms with Crippen molar-refractivity contribution in [1.82, 2.24) is 4.72 Å². The SMILES string of the molecule is CCCNS(=O)(=O)c1ccc(N)c(Br)c1. The monoisotopic (exact) mass is 292 g/mol. The Bertz CT molecular complexity index is 445. The Labute approximate surface area is 98.0 Å². The van der Waals surface area contributed by atoms with E-state index >= 15 is 0 Å². The molecule has 1 aromatic rings. The van der Waals surface area contributed by atoms with Crippen LogP contribution < -0.4 is 10.5 Å². The molecule has 0 radical (unpaired) electrons. The number of rotatable bonds is 4. The fraction of sp³-hybridized carbons (Fsp3) is 0.333. The van der Waals surface area contributed by atoms with Crippen LogP contribution in [0.2, 0.25) is 0 Å². The predicted molar refractivity (Wildman–Crippen MR) is 64.0 cm³/mol. The molecule has 0 amide bonds. The normalized spacial score (nSPS) is 11.6. The molecular formula is C9H13BrN2O2S. The van der Waals surface area contributed by atoms with Crippen LogP contribution in [0.3, 0.4) is 0 Å². The predicted octanol–water partition coefficient (Wildman–Crippen LogP) is 1.72. The van der Waals surface area contributed by atoms with Crippen LogP contribution in [-0.2, 0) is 10.0 Å². The van der Waals surface area contributed by atoms with Gasteiger partial charge in [0.05, 0.1) is 4.90 Å². The van der Waals surface area contributed by atoms with E-state index in [-0.39, 0.29) is 4.90 Å². The summed E-state index contributed by atoms with van der Waals surface area (Å²) in [6.07, 6.45) is 0.759. The third-order valence-corrected chi connectivity index (χ3v) is 3.97. The summed E-state index contributed by atoms with van der Waals surface area (Å²) < 4.78 is 26.4. The highest BCUT2D eigenvalue weighted by molar-refractivity contribution is 9.10. The molecule has 0 bridgehead atoms. The molecule has 4 nitrogen and oxygen atoms in total. The lowest BCUT2D eigenvalue weighted by Crippen LogP contribution is -2.24. The average molecular weight is 293 g/mol. The molecular weight excluding hydrogens is 280 g/mol. The lowest BCUT2D eigenvalue weighted by Gasteiger charge is -2.06. The van der Waals surface area contributed by atoms with E-state index in [1.165, 1.54) is 12.1 Å². The van der Waals surface area contributed by atoms with Gasteiger partial charge in [-0.15, -0.1) is 0 Å². The van der Waals surface area contributed by atoms with Gasteiger partial charge in [-0.05, 0) is 40.5 Å². The summed E-state index contributed by atoms with van der Waals surface area (Å²) in [6, 6.07) is 4.54. The fourth-order valence-corrected chi connectivity index (χ4v) is 2.68. The fourth-order valence-electron chi connectivity index (χ4n) is 0.995. The topological polar surface area (TPSA) is 72.2 Å². The lowest BCUT2D eigenvalue weighted by molar-refractivity contribution is 0.581. The summed E-state index contributed by atoms with van der Waals surface area (Å²) in [5, 5.41) is 0. The van der Waals surface area contributed by atoms with Crippen LogP contribution in [0.15, 0.2) is 27.6 Å². The molecule has 0 saturated heterocycles. The molecule has 3 N–H and O–H groups in total. The number of benzene rings is 1. The number of anilines is 1. The second-order valence-corrected chi connectivity index (χ2v) is 5.70. The lowest BCUT2D eigenvalue weighted by atomic mass is 10.3. The van der Waals surface area contributed by atoms with Gasteiger partial charge < -0.3 is 5.73 Å². The van der Waals surface area contributed by atoms with Crippen molar-refractivity contribution in [2.45, 2.75) is 18.2 Å². The first-order chi connectivity index (χ1) is 6.97. The maximum atomic E-state index is 11.7. The van der Waals surface area contributed by atoms with E-state index in [1.807, 2.05) is 6.92 Å². The zero-order chi connectivity index (χ0) is 11.5. The highest BCUT2D eigenvalue weighted by atomic mass is 79.9. The first kappa shape index (κ1) is 12.5. The van der Waals surface area contributed by atoms with Crippen molar-refractivity contribution in [3.05, 3.63) is 22.7 Å². The van der Waals surface area contributed by atoms with Crippen molar-refractivity contribution < 1.29 is 8.42 Å². The minimum Gasteiger partial charge on any atom is -0.398 e. The zero-order valence-corrected chi connectivity index (χ0v) is 10.7. The molecule has 1 rings (SSSR count). The highest BCUT2D eigenvalue weighted by Crippen LogP contribution is 2.22. The van der Waals surface area contributed by atoms with Gasteiger partial charge in [0, 0.05) is 16.7 Å². The summed E-state index contributed by atoms with van der Waals surface area (Å²) >= 11 is 3.19. The molecule has 84 valence electrons. The largest absolute Gasteiger partial charge is 0.398 e. The van der Waals surface area contributed by atoms with Gasteiger partial charge in [0.1, 0.15) is 0 Å². The van der Waals surface area contributed by atoms with E-state index in [0.717, 1.165) is 6.42 Å². The highest BCUT2D eigenvalue weighted by Gasteiger charge is 2.13. The van der Waals surface area contributed by atoms with Crippen LogP contribution in [0.4, 0.5) is 5.69 Å². The third kappa shape index (κ3) is 3.19. The first-order valence-electron chi connectivity index (χ1n) is 4.52. The van der Waals surface area contributed by atoms with E-state index in [1.54, 1.807) is 6.07 Å². The molecule has 1 aromatic carbocycles. The molecule has 15 heavy (non-hydrogen) atoms. The molecule has 0 aliphatic rings. The van der Waals surface area contributed by atoms with Crippen molar-refractivity contribution in [1.29, 1.82) is 0 Å². The minimum atomic E-state index is -3.40. The molecule has 0 aliphatic carbocycles. The Morgan fingerprint density at radius 3 is 2.67 bits per heavy atom. The Hall–Kier alpha value is -0.590. The van der Waals surface area contributed by atoms with E-state index in [0.29, 0.717) is 16.7 Å². The van der Waals surface area contributed by atoms with Crippen LogP contribution in [0.5, 0.6) is 0 Å². The number of halogens is 1. The second kappa shape index (κ2) is 4.96. The molecule has 0 spiro atoms. The molecule has 0 saturated carbocycles. The van der Waals surface area contributed by atoms with Crippen LogP contribution in [0.25, 0.3) is 0 Å². The number of hydrogen-bond acceptors (Lipinski definition) is 3. The van der Waals surface area contributed by atoms with Gasteiger partial charge in [-0.25, -0.2) is 13.1 Å². The van der Waals surface area contributed by atoms with Gasteiger partial charge in [0.25, 0.3) is 0 Å². The summed E-state index contributed by atoms with van der Waals surface area (Å²) in [5.74, 6) is 0. The number of nitrogen functional groups attached to an aromatic ring is 1. The summed E-state index contributed by atoms with van der Waals surface area (Å²) in [4.78, 5) is 0.219. The number of nitrogens with one attached hydrogen (secondary N) is 1. The quantitative estimate of drug-likeness (QED) is 0.830. The number of sulfonamides is 1. The Kier molecular flexibility index (Phi) is 4.12. The van der Waals surface area contributed by atoms with Crippen molar-refractivity contribution in [3.63, 3.8) is 0 Å². The van der Waals surface area contributed by atoms with Gasteiger partial charge in [-0.1, -0.05) is 6.92 Å².